The highest BCUT2D eigenvalue weighted by molar-refractivity contribution is 7.90. The minimum absolute atomic E-state index is 0.0516. The lowest BCUT2D eigenvalue weighted by Gasteiger charge is -2.32. The highest BCUT2D eigenvalue weighted by atomic mass is 32.2. The van der Waals surface area contributed by atoms with Crippen molar-refractivity contribution in [1.29, 1.82) is 0 Å². The highest BCUT2D eigenvalue weighted by Gasteiger charge is 2.29. The van der Waals surface area contributed by atoms with Gasteiger partial charge in [0.2, 0.25) is 15.9 Å². The molecule has 0 saturated carbocycles. The number of piperidine rings is 1. The molecule has 4 rings (SSSR count). The number of anilines is 1. The van der Waals surface area contributed by atoms with E-state index < -0.39 is 14.8 Å². The Balaban J connectivity index is 1.65. The van der Waals surface area contributed by atoms with E-state index in [2.05, 4.69) is 21.3 Å². The molecule has 1 aliphatic heterocycles. The summed E-state index contributed by atoms with van der Waals surface area (Å²) in [6, 6.07) is 7.43. The van der Waals surface area contributed by atoms with Gasteiger partial charge in [-0.1, -0.05) is 30.8 Å². The Kier molecular flexibility index (Phi) is 6.65. The van der Waals surface area contributed by atoms with Crippen LogP contribution in [-0.4, -0.2) is 56.8 Å². The van der Waals surface area contributed by atoms with E-state index >= 15 is 0 Å². The lowest BCUT2D eigenvalue weighted by molar-refractivity contribution is -0.127. The van der Waals surface area contributed by atoms with Gasteiger partial charge in [0.25, 0.3) is 0 Å². The molecule has 0 aliphatic carbocycles. The molecule has 35 heavy (non-hydrogen) atoms. The molecule has 0 radical (unpaired) electrons. The Morgan fingerprint density at radius 2 is 1.97 bits per heavy atom. The topological polar surface area (TPSA) is 136 Å². The van der Waals surface area contributed by atoms with Crippen LogP contribution in [0, 0.1) is 0 Å². The van der Waals surface area contributed by atoms with Crippen molar-refractivity contribution < 1.29 is 13.2 Å². The standard InChI is InChI=1S/C24H31N7O3S/c1-5-19(32)30-12-6-7-18(14-30)31-23-20(22(25)26-15-27-23)21(29-31)17-10-8-16(9-11-17)13-28-35(33,34)24(2,3)4/h5,8-11,15,18,28H,1,6-7,12-14H2,2-4H3,(H2,25,26,27)/t18-/m1/s1. The normalized spacial score (nSPS) is 17.0. The van der Waals surface area contributed by atoms with Gasteiger partial charge >= 0.3 is 0 Å². The molecule has 1 amide bonds. The average molecular weight is 498 g/mol. The number of likely N-dealkylation sites (tertiary alicyclic amines) is 1. The van der Waals surface area contributed by atoms with E-state index in [9.17, 15) is 13.2 Å². The summed E-state index contributed by atoms with van der Waals surface area (Å²) >= 11 is 0. The molecule has 11 heteroatoms. The van der Waals surface area contributed by atoms with E-state index in [4.69, 9.17) is 10.8 Å². The van der Waals surface area contributed by atoms with Crippen LogP contribution < -0.4 is 10.5 Å². The molecular formula is C24H31N7O3S. The van der Waals surface area contributed by atoms with Crippen molar-refractivity contribution in [2.45, 2.75) is 50.9 Å². The number of amides is 1. The van der Waals surface area contributed by atoms with E-state index in [1.807, 2.05) is 28.9 Å². The molecule has 0 unspecified atom stereocenters. The first-order valence-electron chi connectivity index (χ1n) is 11.5. The summed E-state index contributed by atoms with van der Waals surface area (Å²) in [4.78, 5) is 22.6. The summed E-state index contributed by atoms with van der Waals surface area (Å²) in [6.07, 6.45) is 4.45. The maximum absolute atomic E-state index is 12.4. The molecular weight excluding hydrogens is 466 g/mol. The fourth-order valence-electron chi connectivity index (χ4n) is 4.11. The number of benzene rings is 1. The summed E-state index contributed by atoms with van der Waals surface area (Å²) < 4.78 is 28.3. The number of nitrogens with one attached hydrogen (secondary N) is 1. The molecule has 186 valence electrons. The van der Waals surface area contributed by atoms with E-state index in [1.54, 1.807) is 25.7 Å². The Morgan fingerprint density at radius 3 is 2.63 bits per heavy atom. The molecule has 1 atom stereocenters. The van der Waals surface area contributed by atoms with Gasteiger partial charge in [-0.2, -0.15) is 5.10 Å². The number of nitrogens with two attached hydrogens (primary N) is 1. The third-order valence-corrected chi connectivity index (χ3v) is 8.38. The smallest absolute Gasteiger partial charge is 0.246 e. The summed E-state index contributed by atoms with van der Waals surface area (Å²) in [5, 5.41) is 5.52. The van der Waals surface area contributed by atoms with Crippen molar-refractivity contribution in [3.05, 3.63) is 48.8 Å². The number of hydrogen-bond acceptors (Lipinski definition) is 7. The van der Waals surface area contributed by atoms with Crippen LogP contribution in [-0.2, 0) is 21.4 Å². The van der Waals surface area contributed by atoms with Crippen molar-refractivity contribution in [2.24, 2.45) is 0 Å². The summed E-state index contributed by atoms with van der Waals surface area (Å²) in [5.41, 5.74) is 9.14. The molecule has 1 aromatic carbocycles. The molecule has 10 nitrogen and oxygen atoms in total. The second-order valence-electron chi connectivity index (χ2n) is 9.67. The first kappa shape index (κ1) is 24.8. The molecule has 2 aromatic heterocycles. The largest absolute Gasteiger partial charge is 0.383 e. The molecule has 1 aliphatic rings. The second kappa shape index (κ2) is 9.38. The number of fused-ring (bicyclic) bond motifs is 1. The van der Waals surface area contributed by atoms with Gasteiger partial charge in [-0.05, 0) is 45.3 Å². The third-order valence-electron chi connectivity index (χ3n) is 6.25. The van der Waals surface area contributed by atoms with Gasteiger partial charge in [0.05, 0.1) is 16.2 Å². The molecule has 1 fully saturated rings. The van der Waals surface area contributed by atoms with Gasteiger partial charge in [0, 0.05) is 25.2 Å². The fourth-order valence-corrected chi connectivity index (χ4v) is 4.90. The molecule has 0 bridgehead atoms. The van der Waals surface area contributed by atoms with Crippen molar-refractivity contribution >= 4 is 32.8 Å². The predicted octanol–water partition coefficient (Wildman–Crippen LogP) is 2.64. The van der Waals surface area contributed by atoms with Gasteiger partial charge in [-0.25, -0.2) is 27.8 Å². The van der Waals surface area contributed by atoms with Crippen molar-refractivity contribution in [1.82, 2.24) is 29.4 Å². The number of nitrogens with zero attached hydrogens (tertiary/aromatic N) is 5. The predicted molar refractivity (Wildman–Crippen MR) is 136 cm³/mol. The number of carbonyl (C=O) groups is 1. The number of nitrogen functional groups attached to an aromatic ring is 1. The average Bonchev–Trinajstić information content (AvgIpc) is 3.23. The minimum Gasteiger partial charge on any atom is -0.383 e. The number of carbonyl (C=O) groups excluding carboxylic acids is 1. The Morgan fingerprint density at radius 1 is 1.26 bits per heavy atom. The van der Waals surface area contributed by atoms with Gasteiger partial charge in [0.15, 0.2) is 5.65 Å². The van der Waals surface area contributed by atoms with Crippen molar-refractivity contribution in [2.75, 3.05) is 18.8 Å². The SMILES string of the molecule is C=CC(=O)N1CCC[C@@H](n2nc(-c3ccc(CNS(=O)(=O)C(C)(C)C)cc3)c3c(N)ncnc32)C1. The molecule has 3 N–H and O–H groups in total. The van der Waals surface area contributed by atoms with Crippen LogP contribution in [0.4, 0.5) is 5.82 Å². The van der Waals surface area contributed by atoms with Crippen LogP contribution >= 0.6 is 0 Å². The fraction of sp³-hybridized carbons (Fsp3) is 0.417. The van der Waals surface area contributed by atoms with E-state index in [0.717, 1.165) is 24.0 Å². The second-order valence-corrected chi connectivity index (χ2v) is 12.2. The summed E-state index contributed by atoms with van der Waals surface area (Å²) in [6.45, 7) is 9.96. The van der Waals surface area contributed by atoms with Gasteiger partial charge in [0.1, 0.15) is 17.8 Å². The van der Waals surface area contributed by atoms with E-state index in [1.165, 1.54) is 12.4 Å². The van der Waals surface area contributed by atoms with Crippen LogP contribution in [0.3, 0.4) is 0 Å². The zero-order chi connectivity index (χ0) is 25.4. The molecule has 3 heterocycles. The van der Waals surface area contributed by atoms with Gasteiger partial charge in [-0.3, -0.25) is 4.79 Å². The highest BCUT2D eigenvalue weighted by Crippen LogP contribution is 2.34. The quantitative estimate of drug-likeness (QED) is 0.500. The number of rotatable bonds is 6. The monoisotopic (exact) mass is 497 g/mol. The number of aromatic nitrogens is 4. The van der Waals surface area contributed by atoms with E-state index in [0.29, 0.717) is 35.6 Å². The van der Waals surface area contributed by atoms with Crippen LogP contribution in [0.15, 0.2) is 43.2 Å². The van der Waals surface area contributed by atoms with Gasteiger partial charge in [-0.15, -0.1) is 0 Å². The maximum atomic E-state index is 12.4. The zero-order valence-corrected chi connectivity index (χ0v) is 21.0. The van der Waals surface area contributed by atoms with Crippen LogP contribution in [0.5, 0.6) is 0 Å². The molecule has 3 aromatic rings. The minimum atomic E-state index is -3.45. The lowest BCUT2D eigenvalue weighted by atomic mass is 10.1. The van der Waals surface area contributed by atoms with Gasteiger partial charge < -0.3 is 10.6 Å². The Bertz CT molecular complexity index is 1360. The maximum Gasteiger partial charge on any atom is 0.246 e. The zero-order valence-electron chi connectivity index (χ0n) is 20.2. The summed E-state index contributed by atoms with van der Waals surface area (Å²) in [7, 11) is -3.45. The Labute approximate surface area is 205 Å². The first-order chi connectivity index (χ1) is 16.5. The first-order valence-corrected chi connectivity index (χ1v) is 13.0. The Hall–Kier alpha value is -3.31. The van der Waals surface area contributed by atoms with Crippen LogP contribution in [0.25, 0.3) is 22.3 Å². The number of hydrogen-bond donors (Lipinski definition) is 2. The lowest BCUT2D eigenvalue weighted by Crippen LogP contribution is -2.40. The van der Waals surface area contributed by atoms with E-state index in [-0.39, 0.29) is 18.5 Å². The summed E-state index contributed by atoms with van der Waals surface area (Å²) in [5.74, 6) is 0.228. The third kappa shape index (κ3) is 4.92. The van der Waals surface area contributed by atoms with Crippen molar-refractivity contribution in [3.63, 3.8) is 0 Å². The van der Waals surface area contributed by atoms with Crippen LogP contribution in [0.2, 0.25) is 0 Å². The number of sulfonamides is 1. The van der Waals surface area contributed by atoms with Crippen LogP contribution in [0.1, 0.15) is 45.2 Å². The molecule has 1 saturated heterocycles. The van der Waals surface area contributed by atoms with Crippen molar-refractivity contribution in [3.8, 4) is 11.3 Å². The molecule has 0 spiro atoms.